The van der Waals surface area contributed by atoms with Gasteiger partial charge in [-0.2, -0.15) is 0 Å². The zero-order valence-electron chi connectivity index (χ0n) is 9.90. The molecule has 94 valence electrons. The van der Waals surface area contributed by atoms with Crippen molar-refractivity contribution in [3.8, 4) is 0 Å². The van der Waals surface area contributed by atoms with Gasteiger partial charge in [-0.05, 0) is 35.7 Å². The predicted molar refractivity (Wildman–Crippen MR) is 69.0 cm³/mol. The van der Waals surface area contributed by atoms with E-state index in [9.17, 15) is 9.50 Å². The van der Waals surface area contributed by atoms with Crippen LogP contribution in [0.5, 0.6) is 0 Å². The molecule has 4 heteroatoms. The Balaban J connectivity index is 2.18. The first-order valence-electron chi connectivity index (χ1n) is 5.60. The summed E-state index contributed by atoms with van der Waals surface area (Å²) >= 11 is 5.68. The highest BCUT2D eigenvalue weighted by molar-refractivity contribution is 6.30. The van der Waals surface area contributed by atoms with Gasteiger partial charge in [0, 0.05) is 23.8 Å². The Morgan fingerprint density at radius 2 is 2.11 bits per heavy atom. The van der Waals surface area contributed by atoms with E-state index in [0.717, 1.165) is 5.56 Å². The summed E-state index contributed by atoms with van der Waals surface area (Å²) in [5, 5.41) is 10.4. The van der Waals surface area contributed by atoms with Gasteiger partial charge < -0.3 is 5.11 Å². The Labute approximate surface area is 110 Å². The molecule has 0 bridgehead atoms. The molecule has 1 aromatic carbocycles. The predicted octanol–water partition coefficient (Wildman–Crippen LogP) is 3.46. The first-order valence-corrected chi connectivity index (χ1v) is 5.97. The van der Waals surface area contributed by atoms with Gasteiger partial charge in [-0.15, -0.1) is 0 Å². The van der Waals surface area contributed by atoms with Gasteiger partial charge in [0.2, 0.25) is 0 Å². The average Bonchev–Trinajstić information content (AvgIpc) is 2.32. The zero-order valence-corrected chi connectivity index (χ0v) is 10.7. The van der Waals surface area contributed by atoms with Gasteiger partial charge >= 0.3 is 0 Å². The molecule has 2 aromatic rings. The lowest BCUT2D eigenvalue weighted by molar-refractivity contribution is 0.176. The van der Waals surface area contributed by atoms with Gasteiger partial charge in [0.15, 0.2) is 0 Å². The summed E-state index contributed by atoms with van der Waals surface area (Å²) in [6.07, 6.45) is 2.73. The molecule has 0 amide bonds. The van der Waals surface area contributed by atoms with E-state index in [0.29, 0.717) is 16.1 Å². The fourth-order valence-corrected chi connectivity index (χ4v) is 1.93. The summed E-state index contributed by atoms with van der Waals surface area (Å²) in [6, 6.07) is 6.29. The lowest BCUT2D eigenvalue weighted by Gasteiger charge is -2.12. The molecule has 1 N–H and O–H groups in total. The van der Waals surface area contributed by atoms with Crippen molar-refractivity contribution in [2.75, 3.05) is 0 Å². The maximum atomic E-state index is 13.6. The van der Waals surface area contributed by atoms with E-state index in [4.69, 9.17) is 11.6 Å². The minimum absolute atomic E-state index is 0.203. The van der Waals surface area contributed by atoms with E-state index in [-0.39, 0.29) is 6.42 Å². The summed E-state index contributed by atoms with van der Waals surface area (Å²) in [6.45, 7) is 1.89. The van der Waals surface area contributed by atoms with E-state index < -0.39 is 11.9 Å². The molecule has 18 heavy (non-hydrogen) atoms. The highest BCUT2D eigenvalue weighted by Gasteiger charge is 2.12. The molecule has 0 radical (unpaired) electrons. The van der Waals surface area contributed by atoms with Crippen LogP contribution in [0.15, 0.2) is 36.7 Å². The Bertz CT molecular complexity index is 559. The molecular weight excluding hydrogens is 253 g/mol. The van der Waals surface area contributed by atoms with Crippen molar-refractivity contribution in [1.82, 2.24) is 4.98 Å². The van der Waals surface area contributed by atoms with Crippen molar-refractivity contribution in [2.45, 2.75) is 19.4 Å². The lowest BCUT2D eigenvalue weighted by atomic mass is 10.0. The Morgan fingerprint density at radius 3 is 2.78 bits per heavy atom. The lowest BCUT2D eigenvalue weighted by Crippen LogP contribution is -2.04. The second kappa shape index (κ2) is 5.46. The molecule has 1 heterocycles. The van der Waals surface area contributed by atoms with E-state index in [1.165, 1.54) is 6.07 Å². The summed E-state index contributed by atoms with van der Waals surface area (Å²) in [5.41, 5.74) is 2.08. The Morgan fingerprint density at radius 1 is 1.33 bits per heavy atom. The van der Waals surface area contributed by atoms with Gasteiger partial charge in [0.1, 0.15) is 5.82 Å². The van der Waals surface area contributed by atoms with E-state index in [2.05, 4.69) is 4.98 Å². The van der Waals surface area contributed by atoms with Crippen LogP contribution in [0.2, 0.25) is 5.02 Å². The number of aliphatic hydroxyl groups is 1. The summed E-state index contributed by atoms with van der Waals surface area (Å²) in [5.74, 6) is -0.401. The van der Waals surface area contributed by atoms with E-state index in [1.54, 1.807) is 24.5 Å². The number of pyridine rings is 1. The zero-order chi connectivity index (χ0) is 13.1. The van der Waals surface area contributed by atoms with Crippen LogP contribution < -0.4 is 0 Å². The monoisotopic (exact) mass is 265 g/mol. The van der Waals surface area contributed by atoms with Crippen molar-refractivity contribution < 1.29 is 9.50 Å². The van der Waals surface area contributed by atoms with Crippen LogP contribution in [0.1, 0.15) is 22.8 Å². The number of aryl methyl sites for hydroxylation is 1. The van der Waals surface area contributed by atoms with Crippen molar-refractivity contribution in [3.05, 3.63) is 64.2 Å². The number of aromatic nitrogens is 1. The highest BCUT2D eigenvalue weighted by Crippen LogP contribution is 2.22. The third kappa shape index (κ3) is 3.06. The number of aliphatic hydroxyl groups excluding tert-OH is 1. The van der Waals surface area contributed by atoms with Gasteiger partial charge in [-0.25, -0.2) is 4.39 Å². The average molecular weight is 266 g/mol. The molecule has 0 aliphatic carbocycles. The van der Waals surface area contributed by atoms with Gasteiger partial charge in [-0.3, -0.25) is 4.98 Å². The highest BCUT2D eigenvalue weighted by atomic mass is 35.5. The fraction of sp³-hybridized carbons (Fsp3) is 0.214. The minimum Gasteiger partial charge on any atom is -0.388 e. The van der Waals surface area contributed by atoms with Crippen LogP contribution >= 0.6 is 11.6 Å². The summed E-state index contributed by atoms with van der Waals surface area (Å²) in [7, 11) is 0. The van der Waals surface area contributed by atoms with Crippen LogP contribution in [0.3, 0.4) is 0 Å². The van der Waals surface area contributed by atoms with Crippen LogP contribution in [-0.4, -0.2) is 10.1 Å². The fourth-order valence-electron chi connectivity index (χ4n) is 1.77. The maximum Gasteiger partial charge on any atom is 0.127 e. The first kappa shape index (κ1) is 13.0. The molecule has 2 rings (SSSR count). The van der Waals surface area contributed by atoms with Crippen molar-refractivity contribution in [2.24, 2.45) is 0 Å². The molecule has 0 aliphatic rings. The molecule has 1 atom stereocenters. The normalized spacial score (nSPS) is 12.4. The quantitative estimate of drug-likeness (QED) is 0.922. The maximum absolute atomic E-state index is 13.6. The minimum atomic E-state index is -0.770. The summed E-state index contributed by atoms with van der Waals surface area (Å²) < 4.78 is 13.6. The van der Waals surface area contributed by atoms with E-state index in [1.807, 2.05) is 13.0 Å². The number of benzene rings is 1. The molecule has 1 aromatic heterocycles. The van der Waals surface area contributed by atoms with Crippen LogP contribution in [0.25, 0.3) is 0 Å². The number of nitrogens with zero attached hydrogens (tertiary/aromatic N) is 1. The second-order valence-electron chi connectivity index (χ2n) is 4.25. The molecule has 2 nitrogen and oxygen atoms in total. The van der Waals surface area contributed by atoms with Crippen LogP contribution in [0.4, 0.5) is 4.39 Å². The molecule has 0 saturated carbocycles. The standard InChI is InChI=1S/C14H13ClFNO/c1-9-4-11(8-17-7-9)14(18)5-10-2-3-12(15)6-13(10)16/h2-4,6-8,14,18H,5H2,1H3. The molecule has 1 unspecified atom stereocenters. The smallest absolute Gasteiger partial charge is 0.127 e. The largest absolute Gasteiger partial charge is 0.388 e. The number of halogens is 2. The second-order valence-corrected chi connectivity index (χ2v) is 4.69. The van der Waals surface area contributed by atoms with Crippen molar-refractivity contribution in [1.29, 1.82) is 0 Å². The van der Waals surface area contributed by atoms with Gasteiger partial charge in [0.05, 0.1) is 6.10 Å². The Kier molecular flexibility index (Phi) is 3.94. The van der Waals surface area contributed by atoms with Crippen LogP contribution in [-0.2, 0) is 6.42 Å². The number of hydrogen-bond acceptors (Lipinski definition) is 2. The molecule has 0 spiro atoms. The van der Waals surface area contributed by atoms with Crippen LogP contribution in [0, 0.1) is 12.7 Å². The van der Waals surface area contributed by atoms with Crippen molar-refractivity contribution in [3.63, 3.8) is 0 Å². The van der Waals surface area contributed by atoms with Crippen molar-refractivity contribution >= 4 is 11.6 Å². The molecule has 0 aliphatic heterocycles. The molecular formula is C14H13ClFNO. The van der Waals surface area contributed by atoms with Gasteiger partial charge in [-0.1, -0.05) is 23.7 Å². The topological polar surface area (TPSA) is 33.1 Å². The third-order valence-electron chi connectivity index (χ3n) is 2.71. The van der Waals surface area contributed by atoms with E-state index >= 15 is 0 Å². The third-order valence-corrected chi connectivity index (χ3v) is 2.94. The molecule has 0 saturated heterocycles. The number of rotatable bonds is 3. The summed E-state index contributed by atoms with van der Waals surface area (Å²) in [4.78, 5) is 4.01. The van der Waals surface area contributed by atoms with Gasteiger partial charge in [0.25, 0.3) is 0 Å². The number of hydrogen-bond donors (Lipinski definition) is 1. The SMILES string of the molecule is Cc1cncc(C(O)Cc2ccc(Cl)cc2F)c1. The molecule has 0 fully saturated rings. The first-order chi connectivity index (χ1) is 8.56. The Hall–Kier alpha value is -1.45.